The normalized spacial score (nSPS) is 11.1. The minimum Gasteiger partial charge on any atom is -0.388 e. The van der Waals surface area contributed by atoms with Crippen LogP contribution in [0.5, 0.6) is 0 Å². The van der Waals surface area contributed by atoms with Crippen LogP contribution in [0.4, 0.5) is 5.69 Å². The molecule has 5 nitrogen and oxygen atoms in total. The molecule has 0 bridgehead atoms. The summed E-state index contributed by atoms with van der Waals surface area (Å²) in [5.41, 5.74) is 6.46. The Morgan fingerprint density at radius 2 is 1.90 bits per heavy atom. The summed E-state index contributed by atoms with van der Waals surface area (Å²) in [4.78, 5) is 4.22. The van der Waals surface area contributed by atoms with Crippen molar-refractivity contribution < 1.29 is 8.42 Å². The number of aromatic nitrogens is 1. The standard InChI is InChI=1S/C14H15N3O2S2/c1-2-17(11-6-4-3-5-7-11)21(18,19)12-8-9-13(14(15)20)16-10-12/h3-10H,2H2,1H3,(H2,15,20). The maximum atomic E-state index is 12.7. The molecule has 0 spiro atoms. The highest BCUT2D eigenvalue weighted by Crippen LogP contribution is 2.22. The Kier molecular flexibility index (Phi) is 4.54. The Morgan fingerprint density at radius 3 is 2.38 bits per heavy atom. The molecule has 21 heavy (non-hydrogen) atoms. The molecule has 1 heterocycles. The highest BCUT2D eigenvalue weighted by Gasteiger charge is 2.23. The Bertz CT molecular complexity index is 729. The van der Waals surface area contributed by atoms with Crippen LogP contribution >= 0.6 is 12.2 Å². The summed E-state index contributed by atoms with van der Waals surface area (Å²) in [5.74, 6) is 0. The molecule has 7 heteroatoms. The van der Waals surface area contributed by atoms with E-state index in [1.807, 2.05) is 6.07 Å². The zero-order valence-corrected chi connectivity index (χ0v) is 13.1. The minimum atomic E-state index is -3.66. The zero-order chi connectivity index (χ0) is 15.5. The maximum Gasteiger partial charge on any atom is 0.265 e. The molecule has 0 saturated carbocycles. The smallest absolute Gasteiger partial charge is 0.265 e. The van der Waals surface area contributed by atoms with Crippen molar-refractivity contribution >= 4 is 32.9 Å². The molecule has 0 amide bonds. The first-order chi connectivity index (χ1) is 9.96. The van der Waals surface area contributed by atoms with Crippen molar-refractivity contribution in [1.82, 2.24) is 4.98 Å². The third-order valence-electron chi connectivity index (χ3n) is 2.91. The zero-order valence-electron chi connectivity index (χ0n) is 11.4. The van der Waals surface area contributed by atoms with E-state index in [2.05, 4.69) is 4.98 Å². The molecule has 0 aliphatic rings. The average molecular weight is 321 g/mol. The van der Waals surface area contributed by atoms with Crippen molar-refractivity contribution in [2.75, 3.05) is 10.8 Å². The van der Waals surface area contributed by atoms with E-state index in [0.29, 0.717) is 17.9 Å². The maximum absolute atomic E-state index is 12.7. The van der Waals surface area contributed by atoms with E-state index >= 15 is 0 Å². The monoisotopic (exact) mass is 321 g/mol. The Balaban J connectivity index is 2.42. The van der Waals surface area contributed by atoms with Crippen LogP contribution in [0.15, 0.2) is 53.6 Å². The van der Waals surface area contributed by atoms with Crippen LogP contribution in [0.1, 0.15) is 12.6 Å². The second-order valence-corrected chi connectivity index (χ2v) is 6.55. The third kappa shape index (κ3) is 3.20. The number of rotatable bonds is 5. The number of pyridine rings is 1. The number of para-hydroxylation sites is 1. The molecule has 2 aromatic rings. The Hall–Kier alpha value is -1.99. The highest BCUT2D eigenvalue weighted by molar-refractivity contribution is 7.92. The number of thiocarbonyl (C=S) groups is 1. The molecule has 0 fully saturated rings. The molecule has 0 atom stereocenters. The van der Waals surface area contributed by atoms with Crippen molar-refractivity contribution in [3.05, 3.63) is 54.4 Å². The van der Waals surface area contributed by atoms with Gasteiger partial charge >= 0.3 is 0 Å². The van der Waals surface area contributed by atoms with Crippen molar-refractivity contribution in [2.45, 2.75) is 11.8 Å². The number of anilines is 1. The molecule has 1 aromatic heterocycles. The van der Waals surface area contributed by atoms with Crippen molar-refractivity contribution in [1.29, 1.82) is 0 Å². The molecule has 1 aromatic carbocycles. The van der Waals surface area contributed by atoms with E-state index in [9.17, 15) is 8.42 Å². The molecular weight excluding hydrogens is 306 g/mol. The molecule has 0 radical (unpaired) electrons. The molecular formula is C14H15N3O2S2. The van der Waals surface area contributed by atoms with Crippen molar-refractivity contribution in [3.63, 3.8) is 0 Å². The molecule has 2 N–H and O–H groups in total. The van der Waals surface area contributed by atoms with Gasteiger partial charge < -0.3 is 5.73 Å². The Morgan fingerprint density at radius 1 is 1.24 bits per heavy atom. The van der Waals surface area contributed by atoms with Crippen LogP contribution in [0.3, 0.4) is 0 Å². The number of hydrogen-bond donors (Lipinski definition) is 1. The summed E-state index contributed by atoms with van der Waals surface area (Å²) in [6, 6.07) is 11.9. The summed E-state index contributed by atoms with van der Waals surface area (Å²) in [6.45, 7) is 2.10. The summed E-state index contributed by atoms with van der Waals surface area (Å²) in [6.07, 6.45) is 1.27. The first kappa shape index (κ1) is 15.4. The van der Waals surface area contributed by atoms with Gasteiger partial charge in [-0.1, -0.05) is 30.4 Å². The van der Waals surface area contributed by atoms with Gasteiger partial charge in [0.2, 0.25) is 0 Å². The van der Waals surface area contributed by atoms with Crippen LogP contribution in [0, 0.1) is 0 Å². The van der Waals surface area contributed by atoms with E-state index < -0.39 is 10.0 Å². The average Bonchev–Trinajstić information content (AvgIpc) is 2.49. The SMILES string of the molecule is CCN(c1ccccc1)S(=O)(=O)c1ccc(C(N)=S)nc1. The highest BCUT2D eigenvalue weighted by atomic mass is 32.2. The molecule has 0 saturated heterocycles. The Labute approximate surface area is 129 Å². The van der Waals surface area contributed by atoms with Gasteiger partial charge in [-0.05, 0) is 31.2 Å². The van der Waals surface area contributed by atoms with Gasteiger partial charge in [-0.2, -0.15) is 0 Å². The lowest BCUT2D eigenvalue weighted by Crippen LogP contribution is -2.30. The van der Waals surface area contributed by atoms with Gasteiger partial charge in [-0.3, -0.25) is 9.29 Å². The van der Waals surface area contributed by atoms with E-state index in [1.165, 1.54) is 22.6 Å². The predicted molar refractivity (Wildman–Crippen MR) is 86.8 cm³/mol. The summed E-state index contributed by atoms with van der Waals surface area (Å²) >= 11 is 4.81. The van der Waals surface area contributed by atoms with Crippen LogP contribution in [0.25, 0.3) is 0 Å². The summed E-state index contributed by atoms with van der Waals surface area (Å²) in [5, 5.41) is 0. The number of benzene rings is 1. The lowest BCUT2D eigenvalue weighted by Gasteiger charge is -2.22. The second-order valence-electron chi connectivity index (χ2n) is 4.25. The molecule has 0 unspecified atom stereocenters. The van der Waals surface area contributed by atoms with Crippen LogP contribution in [-0.2, 0) is 10.0 Å². The fraction of sp³-hybridized carbons (Fsp3) is 0.143. The van der Waals surface area contributed by atoms with Gasteiger partial charge in [-0.25, -0.2) is 8.42 Å². The second kappa shape index (κ2) is 6.19. The van der Waals surface area contributed by atoms with Crippen LogP contribution in [0.2, 0.25) is 0 Å². The summed E-state index contributed by atoms with van der Waals surface area (Å²) in [7, 11) is -3.66. The lowest BCUT2D eigenvalue weighted by molar-refractivity contribution is 0.591. The number of nitrogens with two attached hydrogens (primary N) is 1. The van der Waals surface area contributed by atoms with Crippen LogP contribution in [-0.4, -0.2) is 24.9 Å². The first-order valence-electron chi connectivity index (χ1n) is 6.30. The predicted octanol–water partition coefficient (Wildman–Crippen LogP) is 1.93. The van der Waals surface area contributed by atoms with Gasteiger partial charge in [0.25, 0.3) is 10.0 Å². The fourth-order valence-corrected chi connectivity index (χ4v) is 3.43. The van der Waals surface area contributed by atoms with E-state index in [4.69, 9.17) is 18.0 Å². The summed E-state index contributed by atoms with van der Waals surface area (Å²) < 4.78 is 26.7. The fourth-order valence-electron chi connectivity index (χ4n) is 1.89. The quantitative estimate of drug-likeness (QED) is 0.852. The number of hydrogen-bond acceptors (Lipinski definition) is 4. The van der Waals surface area contributed by atoms with Gasteiger partial charge in [0.15, 0.2) is 0 Å². The lowest BCUT2D eigenvalue weighted by atomic mass is 10.3. The molecule has 2 rings (SSSR count). The third-order valence-corrected chi connectivity index (χ3v) is 5.00. The number of nitrogens with zero attached hydrogens (tertiary/aromatic N) is 2. The molecule has 0 aliphatic heterocycles. The van der Waals surface area contributed by atoms with Gasteiger partial charge in [0.05, 0.1) is 11.4 Å². The van der Waals surface area contributed by atoms with E-state index in [-0.39, 0.29) is 9.88 Å². The van der Waals surface area contributed by atoms with Gasteiger partial charge in [0, 0.05) is 12.7 Å². The molecule has 0 aliphatic carbocycles. The number of sulfonamides is 1. The van der Waals surface area contributed by atoms with E-state index in [1.54, 1.807) is 31.2 Å². The molecule has 110 valence electrons. The van der Waals surface area contributed by atoms with Crippen molar-refractivity contribution in [2.24, 2.45) is 5.73 Å². The largest absolute Gasteiger partial charge is 0.388 e. The topological polar surface area (TPSA) is 76.3 Å². The minimum absolute atomic E-state index is 0.105. The van der Waals surface area contributed by atoms with E-state index in [0.717, 1.165) is 0 Å². The first-order valence-corrected chi connectivity index (χ1v) is 8.15. The van der Waals surface area contributed by atoms with Crippen LogP contribution < -0.4 is 10.0 Å². The van der Waals surface area contributed by atoms with Gasteiger partial charge in [0.1, 0.15) is 9.88 Å². The van der Waals surface area contributed by atoms with Gasteiger partial charge in [-0.15, -0.1) is 0 Å². The van der Waals surface area contributed by atoms with Crippen molar-refractivity contribution in [3.8, 4) is 0 Å².